The number of rotatable bonds is 7. The van der Waals surface area contributed by atoms with Crippen LogP contribution in [0.25, 0.3) is 0 Å². The van der Waals surface area contributed by atoms with Crippen molar-refractivity contribution in [1.82, 2.24) is 9.44 Å². The monoisotopic (exact) mass is 306 g/mol. The van der Waals surface area contributed by atoms with Crippen molar-refractivity contribution in [2.75, 3.05) is 6.54 Å². The molecule has 0 spiro atoms. The van der Waals surface area contributed by atoms with E-state index in [4.69, 9.17) is 10.9 Å². The van der Waals surface area contributed by atoms with Gasteiger partial charge in [-0.25, -0.2) is 0 Å². The second-order valence-corrected chi connectivity index (χ2v) is 5.32. The molecule has 0 bridgehead atoms. The van der Waals surface area contributed by atoms with E-state index in [0.29, 0.717) is 0 Å². The molecular weight excluding hydrogens is 289 g/mol. The Hall–Kier alpha value is -1.07. The van der Waals surface area contributed by atoms with Crippen LogP contribution in [0.5, 0.6) is 0 Å². The van der Waals surface area contributed by atoms with Crippen molar-refractivity contribution >= 4 is 16.0 Å². The van der Waals surface area contributed by atoms with Crippen LogP contribution < -0.4 is 15.2 Å². The number of nitrogens with one attached hydrogen (secondary N) is 2. The Kier molecular flexibility index (Phi) is 6.03. The van der Waals surface area contributed by atoms with Crippen LogP contribution in [0.3, 0.4) is 0 Å². The van der Waals surface area contributed by atoms with Gasteiger partial charge in [0.25, 0.3) is 10.2 Å². The molecule has 0 radical (unpaired) electrons. The molecule has 114 valence electrons. The number of nitrogens with two attached hydrogens (primary N) is 1. The molecule has 0 saturated carbocycles. The van der Waals surface area contributed by atoms with Gasteiger partial charge in [-0.3, -0.25) is 0 Å². The van der Waals surface area contributed by atoms with Crippen molar-refractivity contribution in [2.24, 2.45) is 10.9 Å². The highest BCUT2D eigenvalue weighted by atomic mass is 32.2. The molecule has 7 nitrogen and oxygen atoms in total. The first kappa shape index (κ1) is 17.9. The van der Waals surface area contributed by atoms with Crippen molar-refractivity contribution < 1.29 is 26.8 Å². The Labute approximate surface area is 109 Å². The van der Waals surface area contributed by atoms with Crippen LogP contribution in [-0.2, 0) is 10.2 Å². The minimum absolute atomic E-state index is 0.103. The summed E-state index contributed by atoms with van der Waals surface area (Å²) in [5.74, 6) is -0.421. The highest BCUT2D eigenvalue weighted by molar-refractivity contribution is 7.87. The number of halogens is 3. The summed E-state index contributed by atoms with van der Waals surface area (Å²) in [6, 6.07) is 0. The number of hydrogen-bond donors (Lipinski definition) is 4. The van der Waals surface area contributed by atoms with Gasteiger partial charge in [-0.05, 0) is 12.8 Å². The summed E-state index contributed by atoms with van der Waals surface area (Å²) in [5, 5.41) is 11.3. The van der Waals surface area contributed by atoms with E-state index < -0.39 is 34.3 Å². The van der Waals surface area contributed by atoms with E-state index in [-0.39, 0.29) is 12.8 Å². The van der Waals surface area contributed by atoms with Gasteiger partial charge in [0.1, 0.15) is 6.54 Å². The summed E-state index contributed by atoms with van der Waals surface area (Å²) in [6.45, 7) is 1.39. The highest BCUT2D eigenvalue weighted by Gasteiger charge is 2.37. The highest BCUT2D eigenvalue weighted by Crippen LogP contribution is 2.17. The van der Waals surface area contributed by atoms with Crippen molar-refractivity contribution in [2.45, 2.75) is 38.4 Å². The molecule has 0 aromatic carbocycles. The van der Waals surface area contributed by atoms with E-state index in [1.807, 2.05) is 4.72 Å². The zero-order valence-electron chi connectivity index (χ0n) is 10.5. The van der Waals surface area contributed by atoms with Gasteiger partial charge in [-0.15, -0.1) is 0 Å². The van der Waals surface area contributed by atoms with E-state index in [2.05, 4.69) is 5.16 Å². The van der Waals surface area contributed by atoms with Crippen molar-refractivity contribution in [1.29, 1.82) is 0 Å². The molecule has 11 heteroatoms. The van der Waals surface area contributed by atoms with Crippen LogP contribution in [0, 0.1) is 0 Å². The Balaban J connectivity index is 5.05. The number of alkyl halides is 3. The van der Waals surface area contributed by atoms with Gasteiger partial charge >= 0.3 is 6.18 Å². The fraction of sp³-hybridized carbons (Fsp3) is 0.875. The van der Waals surface area contributed by atoms with Gasteiger partial charge in [0.2, 0.25) is 0 Å². The molecule has 0 saturated heterocycles. The fourth-order valence-corrected chi connectivity index (χ4v) is 2.71. The first-order chi connectivity index (χ1) is 8.52. The molecule has 5 N–H and O–H groups in total. The third-order valence-electron chi connectivity index (χ3n) is 2.60. The molecule has 0 aromatic heterocycles. The van der Waals surface area contributed by atoms with Gasteiger partial charge in [0, 0.05) is 0 Å². The maximum atomic E-state index is 12.0. The second-order valence-electron chi connectivity index (χ2n) is 3.82. The summed E-state index contributed by atoms with van der Waals surface area (Å²) in [4.78, 5) is 0. The van der Waals surface area contributed by atoms with E-state index in [1.54, 1.807) is 13.8 Å². The van der Waals surface area contributed by atoms with Crippen LogP contribution in [0.2, 0.25) is 0 Å². The SMILES string of the molecule is CCC(CC)(NS(=O)(=O)NCC(F)(F)F)C(N)=NO. The Morgan fingerprint density at radius 1 is 1.32 bits per heavy atom. The lowest BCUT2D eigenvalue weighted by Crippen LogP contribution is -2.59. The van der Waals surface area contributed by atoms with Crippen LogP contribution in [-0.4, -0.2) is 37.7 Å². The van der Waals surface area contributed by atoms with Crippen LogP contribution in [0.1, 0.15) is 26.7 Å². The zero-order chi connectivity index (χ0) is 15.3. The Bertz CT molecular complexity index is 417. The van der Waals surface area contributed by atoms with Gasteiger partial charge in [-0.1, -0.05) is 19.0 Å². The van der Waals surface area contributed by atoms with Crippen LogP contribution in [0.4, 0.5) is 13.2 Å². The summed E-state index contributed by atoms with van der Waals surface area (Å²) in [7, 11) is -4.44. The van der Waals surface area contributed by atoms with E-state index in [0.717, 1.165) is 0 Å². The predicted octanol–water partition coefficient (Wildman–Crippen LogP) is 0.278. The molecule has 0 aliphatic rings. The summed E-state index contributed by atoms with van der Waals surface area (Å²) < 4.78 is 62.2. The zero-order valence-corrected chi connectivity index (χ0v) is 11.3. The van der Waals surface area contributed by atoms with Gasteiger partial charge in [0.05, 0.1) is 5.54 Å². The van der Waals surface area contributed by atoms with Gasteiger partial charge in [-0.2, -0.15) is 31.0 Å². The standard InChI is InChI=1S/C8H17F3N4O3S/c1-3-7(4-2,6(12)14-16)15-19(17,18)13-5-8(9,10)11/h13,15-16H,3-5H2,1-2H3,(H2,12,14). The van der Waals surface area contributed by atoms with E-state index in [1.165, 1.54) is 4.72 Å². The molecule has 0 fully saturated rings. The van der Waals surface area contributed by atoms with Gasteiger partial charge < -0.3 is 10.9 Å². The molecule has 0 rings (SSSR count). The Morgan fingerprint density at radius 3 is 2.11 bits per heavy atom. The number of oxime groups is 1. The maximum Gasteiger partial charge on any atom is 0.402 e. The lowest BCUT2D eigenvalue weighted by Gasteiger charge is -2.30. The summed E-state index contributed by atoms with van der Waals surface area (Å²) in [5.41, 5.74) is 3.95. The average Bonchev–Trinajstić information content (AvgIpc) is 2.32. The summed E-state index contributed by atoms with van der Waals surface area (Å²) >= 11 is 0. The van der Waals surface area contributed by atoms with Crippen molar-refractivity contribution in [3.63, 3.8) is 0 Å². The normalized spacial score (nSPS) is 14.7. The minimum Gasteiger partial charge on any atom is -0.409 e. The molecular formula is C8H17F3N4O3S. The third kappa shape index (κ3) is 5.61. The predicted molar refractivity (Wildman–Crippen MR) is 62.8 cm³/mol. The Morgan fingerprint density at radius 2 is 1.79 bits per heavy atom. The number of nitrogens with zero attached hydrogens (tertiary/aromatic N) is 1. The topological polar surface area (TPSA) is 117 Å². The molecule has 0 aromatic rings. The van der Waals surface area contributed by atoms with Crippen LogP contribution in [0.15, 0.2) is 5.16 Å². The smallest absolute Gasteiger partial charge is 0.402 e. The number of amidine groups is 1. The first-order valence-electron chi connectivity index (χ1n) is 5.35. The molecule has 0 atom stereocenters. The molecule has 0 aliphatic heterocycles. The summed E-state index contributed by atoms with van der Waals surface area (Å²) in [6.07, 6.45) is -4.47. The van der Waals surface area contributed by atoms with E-state index >= 15 is 0 Å². The molecule has 0 heterocycles. The largest absolute Gasteiger partial charge is 0.409 e. The lowest BCUT2D eigenvalue weighted by atomic mass is 9.93. The molecule has 0 unspecified atom stereocenters. The maximum absolute atomic E-state index is 12.0. The van der Waals surface area contributed by atoms with Crippen LogP contribution >= 0.6 is 0 Å². The van der Waals surface area contributed by atoms with E-state index in [9.17, 15) is 21.6 Å². The molecule has 0 aliphatic carbocycles. The number of hydrogen-bond acceptors (Lipinski definition) is 4. The molecule has 0 amide bonds. The van der Waals surface area contributed by atoms with Gasteiger partial charge in [0.15, 0.2) is 5.84 Å². The quantitative estimate of drug-likeness (QED) is 0.234. The minimum atomic E-state index is -4.67. The third-order valence-corrected chi connectivity index (χ3v) is 3.78. The lowest BCUT2D eigenvalue weighted by molar-refractivity contribution is -0.121. The average molecular weight is 306 g/mol. The fourth-order valence-electron chi connectivity index (χ4n) is 1.37. The van der Waals surface area contributed by atoms with Crippen molar-refractivity contribution in [3.05, 3.63) is 0 Å². The molecule has 19 heavy (non-hydrogen) atoms. The first-order valence-corrected chi connectivity index (χ1v) is 6.83. The second kappa shape index (κ2) is 6.39. The van der Waals surface area contributed by atoms with Crippen molar-refractivity contribution in [3.8, 4) is 0 Å².